The molecule has 2 aromatic carbocycles. The van der Waals surface area contributed by atoms with E-state index in [0.29, 0.717) is 21.8 Å². The fourth-order valence-corrected chi connectivity index (χ4v) is 5.03. The number of aromatic nitrogens is 2. The highest BCUT2D eigenvalue weighted by Crippen LogP contribution is 2.33. The summed E-state index contributed by atoms with van der Waals surface area (Å²) in [7, 11) is -2.49. The Hall–Kier alpha value is -3.36. The first-order chi connectivity index (χ1) is 14.9. The second-order valence-electron chi connectivity index (χ2n) is 6.72. The van der Waals surface area contributed by atoms with E-state index in [-0.39, 0.29) is 22.0 Å². The number of methoxy groups -OCH3 is 1. The molecule has 1 amide bonds. The maximum atomic E-state index is 13.4. The predicted molar refractivity (Wildman–Crippen MR) is 117 cm³/mol. The van der Waals surface area contributed by atoms with E-state index in [0.717, 1.165) is 5.56 Å². The molecule has 0 unspecified atom stereocenters. The predicted octanol–water partition coefficient (Wildman–Crippen LogP) is 3.99. The Balaban J connectivity index is 1.77. The summed E-state index contributed by atoms with van der Waals surface area (Å²) in [6.45, 7) is 0.165. The fraction of sp³-hybridized carbons (Fsp3) is 0.0909. The van der Waals surface area contributed by atoms with Gasteiger partial charge >= 0.3 is 0 Å². The van der Waals surface area contributed by atoms with Crippen molar-refractivity contribution in [1.29, 1.82) is 0 Å². The van der Waals surface area contributed by atoms with Gasteiger partial charge < -0.3 is 15.0 Å². The first-order valence-corrected chi connectivity index (χ1v) is 11.1. The Morgan fingerprint density at radius 2 is 1.90 bits per heavy atom. The average Bonchev–Trinajstić information content (AvgIpc) is 3.17. The summed E-state index contributed by atoms with van der Waals surface area (Å²) in [6, 6.07) is 16.2. The van der Waals surface area contributed by atoms with Crippen molar-refractivity contribution in [3.05, 3.63) is 83.1 Å². The highest BCUT2D eigenvalue weighted by molar-refractivity contribution is 7.91. The van der Waals surface area contributed by atoms with Crippen LogP contribution in [0.5, 0.6) is 5.88 Å². The van der Waals surface area contributed by atoms with Crippen molar-refractivity contribution < 1.29 is 17.9 Å². The van der Waals surface area contributed by atoms with Gasteiger partial charge in [0.05, 0.1) is 12.0 Å². The number of ether oxygens (including phenoxy) is 1. The lowest BCUT2D eigenvalue weighted by Gasteiger charge is -2.09. The van der Waals surface area contributed by atoms with Gasteiger partial charge in [-0.25, -0.2) is 13.4 Å². The summed E-state index contributed by atoms with van der Waals surface area (Å²) in [5, 5.41) is 3.48. The number of hydrogen-bond donors (Lipinski definition) is 2. The molecule has 0 spiro atoms. The van der Waals surface area contributed by atoms with Crippen molar-refractivity contribution in [3.63, 3.8) is 0 Å². The molecule has 0 radical (unpaired) electrons. The molecular weight excluding hydrogens is 438 g/mol. The summed E-state index contributed by atoms with van der Waals surface area (Å²) in [5.74, 6) is -0.142. The van der Waals surface area contributed by atoms with Gasteiger partial charge in [0.2, 0.25) is 15.7 Å². The Labute approximate surface area is 184 Å². The average molecular weight is 456 g/mol. The smallest absolute Gasteiger partial charge is 0.269 e. The van der Waals surface area contributed by atoms with Crippen molar-refractivity contribution in [3.8, 4) is 5.88 Å². The number of sulfone groups is 1. The van der Waals surface area contributed by atoms with Crippen LogP contribution < -0.4 is 10.1 Å². The highest BCUT2D eigenvalue weighted by atomic mass is 35.5. The second-order valence-corrected chi connectivity index (χ2v) is 9.05. The molecule has 0 bridgehead atoms. The normalized spacial score (nSPS) is 11.4. The number of nitrogens with zero attached hydrogens (tertiary/aromatic N) is 1. The van der Waals surface area contributed by atoms with Crippen LogP contribution in [0.15, 0.2) is 76.7 Å². The van der Waals surface area contributed by atoms with Crippen LogP contribution in [0, 0.1) is 0 Å². The zero-order valence-corrected chi connectivity index (χ0v) is 18.0. The monoisotopic (exact) mass is 455 g/mol. The minimum Gasteiger partial charge on any atom is -0.481 e. The van der Waals surface area contributed by atoms with Gasteiger partial charge in [0.25, 0.3) is 5.91 Å². The quantitative estimate of drug-likeness (QED) is 0.457. The largest absolute Gasteiger partial charge is 0.481 e. The zero-order valence-electron chi connectivity index (χ0n) is 16.4. The third kappa shape index (κ3) is 4.12. The van der Waals surface area contributed by atoms with E-state index in [4.69, 9.17) is 16.3 Å². The van der Waals surface area contributed by atoms with Gasteiger partial charge in [-0.2, -0.15) is 0 Å². The maximum Gasteiger partial charge on any atom is 0.269 e. The minimum absolute atomic E-state index is 0.0536. The number of rotatable bonds is 6. The van der Waals surface area contributed by atoms with Crippen LogP contribution in [0.4, 0.5) is 0 Å². The van der Waals surface area contributed by atoms with Crippen LogP contribution in [0.3, 0.4) is 0 Å². The summed E-state index contributed by atoms with van der Waals surface area (Å²) >= 11 is 6.12. The molecule has 0 aliphatic rings. The summed E-state index contributed by atoms with van der Waals surface area (Å²) < 4.78 is 32.0. The van der Waals surface area contributed by atoms with Gasteiger partial charge in [0.1, 0.15) is 10.6 Å². The van der Waals surface area contributed by atoms with Crippen molar-refractivity contribution >= 4 is 38.2 Å². The zero-order chi connectivity index (χ0) is 22.0. The topological polar surface area (TPSA) is 101 Å². The summed E-state index contributed by atoms with van der Waals surface area (Å²) in [5.41, 5.74) is 1.20. The molecule has 2 aromatic heterocycles. The molecule has 7 nitrogen and oxygen atoms in total. The van der Waals surface area contributed by atoms with Crippen LogP contribution in [-0.4, -0.2) is 31.4 Å². The molecule has 0 aliphatic heterocycles. The highest BCUT2D eigenvalue weighted by Gasteiger charge is 2.29. The summed E-state index contributed by atoms with van der Waals surface area (Å²) in [4.78, 5) is 20.0. The summed E-state index contributed by atoms with van der Waals surface area (Å²) in [6.07, 6.45) is 1.57. The van der Waals surface area contributed by atoms with E-state index in [2.05, 4.69) is 15.3 Å². The van der Waals surface area contributed by atoms with E-state index >= 15 is 0 Å². The first kappa shape index (κ1) is 20.9. The molecule has 4 aromatic rings. The van der Waals surface area contributed by atoms with E-state index in [1.54, 1.807) is 48.7 Å². The number of nitrogens with one attached hydrogen (secondary N) is 2. The van der Waals surface area contributed by atoms with Gasteiger partial charge in [0, 0.05) is 34.7 Å². The van der Waals surface area contributed by atoms with Crippen LogP contribution in [0.2, 0.25) is 5.02 Å². The maximum absolute atomic E-state index is 13.4. The third-order valence-electron chi connectivity index (χ3n) is 4.72. The Kier molecular flexibility index (Phi) is 5.67. The molecule has 2 N–H and O–H groups in total. The number of pyridine rings is 1. The van der Waals surface area contributed by atoms with Crippen LogP contribution in [-0.2, 0) is 16.4 Å². The van der Waals surface area contributed by atoms with Crippen LogP contribution >= 0.6 is 11.6 Å². The van der Waals surface area contributed by atoms with E-state index in [1.165, 1.54) is 25.3 Å². The van der Waals surface area contributed by atoms with Crippen molar-refractivity contribution in [2.75, 3.05) is 7.11 Å². The lowest BCUT2D eigenvalue weighted by Crippen LogP contribution is -2.25. The van der Waals surface area contributed by atoms with Gasteiger partial charge in [-0.15, -0.1) is 0 Å². The number of fused-ring (bicyclic) bond motifs is 1. The number of hydrogen-bond acceptors (Lipinski definition) is 5. The van der Waals surface area contributed by atoms with Gasteiger partial charge in [0.15, 0.2) is 0 Å². The van der Waals surface area contributed by atoms with E-state index in [1.807, 2.05) is 0 Å². The van der Waals surface area contributed by atoms with Crippen molar-refractivity contribution in [2.45, 2.75) is 16.3 Å². The molecule has 31 heavy (non-hydrogen) atoms. The number of carbonyl (C=O) groups is 1. The second kappa shape index (κ2) is 8.41. The third-order valence-corrected chi connectivity index (χ3v) is 6.81. The molecule has 2 heterocycles. The Morgan fingerprint density at radius 3 is 2.65 bits per heavy atom. The number of benzene rings is 2. The number of carbonyl (C=O) groups excluding carboxylic acids is 1. The molecule has 158 valence electrons. The van der Waals surface area contributed by atoms with E-state index < -0.39 is 15.7 Å². The van der Waals surface area contributed by atoms with Gasteiger partial charge in [-0.1, -0.05) is 29.8 Å². The lowest BCUT2D eigenvalue weighted by atomic mass is 10.2. The molecule has 0 fully saturated rings. The Morgan fingerprint density at radius 1 is 1.13 bits per heavy atom. The number of aromatic amines is 1. The first-order valence-electron chi connectivity index (χ1n) is 9.28. The molecule has 0 atom stereocenters. The molecule has 9 heteroatoms. The Bertz CT molecular complexity index is 1370. The molecule has 0 saturated heterocycles. The fourth-order valence-electron chi connectivity index (χ4n) is 3.24. The molecular formula is C22H18ClN3O4S. The SMILES string of the molecule is COc1cc(CNC(=O)c2[nH]c3ccc(Cl)cc3c2S(=O)(=O)c2ccccc2)ccn1. The molecule has 0 saturated carbocycles. The lowest BCUT2D eigenvalue weighted by molar-refractivity contribution is 0.0943. The minimum atomic E-state index is -3.99. The standard InChI is InChI=1S/C22H18ClN3O4S/c1-30-19-11-14(9-10-24-19)13-25-22(27)20-21(17-12-15(23)7-8-18(17)26-20)31(28,29)16-5-3-2-4-6-16/h2-12,26H,13H2,1H3,(H,25,27). The number of amides is 1. The van der Waals surface area contributed by atoms with Gasteiger partial charge in [-0.3, -0.25) is 4.79 Å². The number of halogens is 1. The van der Waals surface area contributed by atoms with Crippen LogP contribution in [0.25, 0.3) is 10.9 Å². The molecule has 0 aliphatic carbocycles. The van der Waals surface area contributed by atoms with E-state index in [9.17, 15) is 13.2 Å². The van der Waals surface area contributed by atoms with Crippen molar-refractivity contribution in [1.82, 2.24) is 15.3 Å². The molecule has 4 rings (SSSR count). The van der Waals surface area contributed by atoms with Gasteiger partial charge in [-0.05, 0) is 42.0 Å². The van der Waals surface area contributed by atoms with Crippen molar-refractivity contribution in [2.24, 2.45) is 0 Å². The number of H-pyrrole nitrogens is 1. The van der Waals surface area contributed by atoms with Crippen LogP contribution in [0.1, 0.15) is 16.1 Å².